The Balaban J connectivity index is 0.00000261. The van der Waals surface area contributed by atoms with Crippen LogP contribution in [-0.2, 0) is 9.59 Å². The van der Waals surface area contributed by atoms with E-state index in [4.69, 9.17) is 5.73 Å². The summed E-state index contributed by atoms with van der Waals surface area (Å²) in [6.45, 7) is 4.81. The molecule has 3 rings (SSSR count). The zero-order valence-electron chi connectivity index (χ0n) is 16.3. The first-order valence-electron chi connectivity index (χ1n) is 9.94. The van der Waals surface area contributed by atoms with Crippen LogP contribution < -0.4 is 16.0 Å². The summed E-state index contributed by atoms with van der Waals surface area (Å²) in [6.07, 6.45) is 5.12. The van der Waals surface area contributed by atoms with Crippen LogP contribution >= 0.6 is 12.4 Å². The lowest BCUT2D eigenvalue weighted by Crippen LogP contribution is -2.43. The van der Waals surface area contributed by atoms with Crippen molar-refractivity contribution in [3.8, 4) is 0 Å². The molecule has 1 saturated carbocycles. The fraction of sp³-hybridized carbons (Fsp3) is 0.619. The average molecular weight is 394 g/mol. The van der Waals surface area contributed by atoms with E-state index in [0.29, 0.717) is 18.9 Å². The van der Waals surface area contributed by atoms with Crippen LogP contribution in [0.2, 0.25) is 0 Å². The molecule has 1 aliphatic heterocycles. The van der Waals surface area contributed by atoms with E-state index < -0.39 is 0 Å². The summed E-state index contributed by atoms with van der Waals surface area (Å²) < 4.78 is 0. The van der Waals surface area contributed by atoms with E-state index in [0.717, 1.165) is 37.8 Å². The second-order valence-corrected chi connectivity index (χ2v) is 7.89. The predicted molar refractivity (Wildman–Crippen MR) is 111 cm³/mol. The van der Waals surface area contributed by atoms with Gasteiger partial charge >= 0.3 is 0 Å². The van der Waals surface area contributed by atoms with Crippen molar-refractivity contribution in [3.63, 3.8) is 0 Å². The first-order chi connectivity index (χ1) is 12.5. The summed E-state index contributed by atoms with van der Waals surface area (Å²) in [4.78, 5) is 27.1. The molecule has 2 aliphatic rings. The lowest BCUT2D eigenvalue weighted by molar-refractivity contribution is -0.127. The van der Waals surface area contributed by atoms with Crippen LogP contribution in [-0.4, -0.2) is 30.4 Å². The summed E-state index contributed by atoms with van der Waals surface area (Å²) >= 11 is 0. The Bertz CT molecular complexity index is 659. The van der Waals surface area contributed by atoms with Gasteiger partial charge in [0, 0.05) is 30.7 Å². The molecule has 1 aromatic carbocycles. The van der Waals surface area contributed by atoms with E-state index in [1.165, 1.54) is 5.56 Å². The van der Waals surface area contributed by atoms with Crippen molar-refractivity contribution in [1.29, 1.82) is 0 Å². The maximum atomic E-state index is 12.7. The number of rotatable bonds is 5. The maximum absolute atomic E-state index is 12.7. The van der Waals surface area contributed by atoms with E-state index in [1.54, 1.807) is 0 Å². The largest absolute Gasteiger partial charge is 0.353 e. The molecular weight excluding hydrogens is 362 g/mol. The van der Waals surface area contributed by atoms with Crippen LogP contribution in [0, 0.1) is 5.92 Å². The minimum atomic E-state index is -0.261. The smallest absolute Gasteiger partial charge is 0.227 e. The maximum Gasteiger partial charge on any atom is 0.227 e. The SMILES string of the molecule is CCC(C)c1ccccc1N1CC(C(=O)NC2CCC(N)CC2)CC1=O.Cl. The summed E-state index contributed by atoms with van der Waals surface area (Å²) in [5.41, 5.74) is 8.09. The second kappa shape index (κ2) is 9.56. The minimum Gasteiger partial charge on any atom is -0.353 e. The molecule has 150 valence electrons. The van der Waals surface area contributed by atoms with Gasteiger partial charge in [-0.2, -0.15) is 0 Å². The lowest BCUT2D eigenvalue weighted by atomic mass is 9.91. The number of amides is 2. The molecule has 2 atom stereocenters. The molecule has 0 aromatic heterocycles. The molecule has 1 aromatic rings. The molecule has 5 nitrogen and oxygen atoms in total. The van der Waals surface area contributed by atoms with Crippen molar-refractivity contribution in [3.05, 3.63) is 29.8 Å². The van der Waals surface area contributed by atoms with Gasteiger partial charge in [-0.3, -0.25) is 9.59 Å². The highest BCUT2D eigenvalue weighted by molar-refractivity contribution is 6.01. The van der Waals surface area contributed by atoms with Gasteiger partial charge in [0.25, 0.3) is 0 Å². The number of hydrogen-bond donors (Lipinski definition) is 2. The third-order valence-electron chi connectivity index (χ3n) is 5.98. The summed E-state index contributed by atoms with van der Waals surface area (Å²) in [7, 11) is 0. The Morgan fingerprint density at radius 2 is 1.93 bits per heavy atom. The number of benzene rings is 1. The highest BCUT2D eigenvalue weighted by atomic mass is 35.5. The van der Waals surface area contributed by atoms with Gasteiger partial charge in [0.1, 0.15) is 0 Å². The van der Waals surface area contributed by atoms with Crippen molar-refractivity contribution in [2.24, 2.45) is 11.7 Å². The normalized spacial score (nSPS) is 26.4. The van der Waals surface area contributed by atoms with Crippen molar-refractivity contribution in [2.45, 2.75) is 70.4 Å². The van der Waals surface area contributed by atoms with Crippen LogP contribution in [0.4, 0.5) is 5.69 Å². The molecule has 27 heavy (non-hydrogen) atoms. The van der Waals surface area contributed by atoms with Gasteiger partial charge in [-0.1, -0.05) is 32.0 Å². The molecule has 0 radical (unpaired) electrons. The van der Waals surface area contributed by atoms with Gasteiger partial charge < -0.3 is 16.0 Å². The highest BCUT2D eigenvalue weighted by Gasteiger charge is 2.37. The fourth-order valence-corrected chi connectivity index (χ4v) is 4.07. The lowest BCUT2D eigenvalue weighted by Gasteiger charge is -2.28. The van der Waals surface area contributed by atoms with Crippen LogP contribution in [0.5, 0.6) is 0 Å². The average Bonchev–Trinajstić information content (AvgIpc) is 3.04. The highest BCUT2D eigenvalue weighted by Crippen LogP contribution is 2.33. The fourth-order valence-electron chi connectivity index (χ4n) is 4.07. The Hall–Kier alpha value is -1.59. The van der Waals surface area contributed by atoms with Crippen LogP contribution in [0.25, 0.3) is 0 Å². The number of nitrogens with two attached hydrogens (primary N) is 1. The van der Waals surface area contributed by atoms with Crippen molar-refractivity contribution < 1.29 is 9.59 Å². The summed E-state index contributed by atoms with van der Waals surface area (Å²) in [5.74, 6) is 0.190. The van der Waals surface area contributed by atoms with E-state index >= 15 is 0 Å². The third-order valence-corrected chi connectivity index (χ3v) is 5.98. The molecule has 2 amide bonds. The van der Waals surface area contributed by atoms with Gasteiger partial charge in [0.2, 0.25) is 11.8 Å². The molecule has 2 unspecified atom stereocenters. The standard InChI is InChI=1S/C21H31N3O2.ClH/c1-3-14(2)18-6-4-5-7-19(18)24-13-15(12-20(24)25)21(26)23-17-10-8-16(22)9-11-17;/h4-7,14-17H,3,8-13,22H2,1-2H3,(H,23,26);1H. The number of nitrogens with zero attached hydrogens (tertiary/aromatic N) is 1. The van der Waals surface area contributed by atoms with E-state index in [2.05, 4.69) is 25.2 Å². The Kier molecular flexibility index (Phi) is 7.68. The predicted octanol–water partition coefficient (Wildman–Crippen LogP) is 3.36. The minimum absolute atomic E-state index is 0. The number of anilines is 1. The zero-order valence-corrected chi connectivity index (χ0v) is 17.1. The quantitative estimate of drug-likeness (QED) is 0.805. The van der Waals surface area contributed by atoms with Crippen LogP contribution in [0.3, 0.4) is 0 Å². The molecule has 3 N–H and O–H groups in total. The molecule has 1 aliphatic carbocycles. The van der Waals surface area contributed by atoms with E-state index in [9.17, 15) is 9.59 Å². The molecule has 1 saturated heterocycles. The number of hydrogen-bond acceptors (Lipinski definition) is 3. The summed E-state index contributed by atoms with van der Waals surface area (Å²) in [6, 6.07) is 8.55. The number of carbonyl (C=O) groups excluding carboxylic acids is 2. The monoisotopic (exact) mass is 393 g/mol. The molecule has 0 spiro atoms. The van der Waals surface area contributed by atoms with Crippen LogP contribution in [0.1, 0.15) is 63.9 Å². The molecule has 6 heteroatoms. The van der Waals surface area contributed by atoms with Crippen molar-refractivity contribution >= 4 is 29.9 Å². The van der Waals surface area contributed by atoms with Crippen LogP contribution in [0.15, 0.2) is 24.3 Å². The van der Waals surface area contributed by atoms with Gasteiger partial charge in [0.05, 0.1) is 5.92 Å². The number of carbonyl (C=O) groups is 2. The van der Waals surface area contributed by atoms with Gasteiger partial charge in [0.15, 0.2) is 0 Å². The topological polar surface area (TPSA) is 75.4 Å². The first kappa shape index (κ1) is 21.7. The molecular formula is C21H32ClN3O2. The van der Waals surface area contributed by atoms with Gasteiger partial charge in [-0.15, -0.1) is 12.4 Å². The van der Waals surface area contributed by atoms with E-state index in [1.807, 2.05) is 23.1 Å². The number of nitrogens with one attached hydrogen (secondary N) is 1. The first-order valence-corrected chi connectivity index (χ1v) is 9.94. The Labute approximate surface area is 168 Å². The Morgan fingerprint density at radius 3 is 2.59 bits per heavy atom. The molecule has 1 heterocycles. The summed E-state index contributed by atoms with van der Waals surface area (Å²) in [5, 5.41) is 3.15. The second-order valence-electron chi connectivity index (χ2n) is 7.89. The van der Waals surface area contributed by atoms with Gasteiger partial charge in [-0.25, -0.2) is 0 Å². The number of para-hydroxylation sites is 1. The van der Waals surface area contributed by atoms with Gasteiger partial charge in [-0.05, 0) is 49.7 Å². The van der Waals surface area contributed by atoms with E-state index in [-0.39, 0.29) is 42.2 Å². The molecule has 2 fully saturated rings. The number of halogens is 1. The van der Waals surface area contributed by atoms with Crippen molar-refractivity contribution in [1.82, 2.24) is 5.32 Å². The van der Waals surface area contributed by atoms with Crippen molar-refractivity contribution in [2.75, 3.05) is 11.4 Å². The third kappa shape index (κ3) is 5.02. The molecule has 0 bridgehead atoms. The Morgan fingerprint density at radius 1 is 1.26 bits per heavy atom. The zero-order chi connectivity index (χ0) is 18.7.